The minimum absolute atomic E-state index is 0.321. The molecule has 1 aliphatic rings. The first-order valence-electron chi connectivity index (χ1n) is 6.26. The molecule has 1 aromatic carbocycles. The highest BCUT2D eigenvalue weighted by Crippen LogP contribution is 2.36. The molecule has 0 spiro atoms. The molecule has 94 valence electrons. The van der Waals surface area contributed by atoms with Crippen LogP contribution in [-0.2, 0) is 5.54 Å². The van der Waals surface area contributed by atoms with E-state index in [1.165, 1.54) is 5.69 Å². The smallest absolute Gasteiger partial charge is 0.143 e. The Morgan fingerprint density at radius 3 is 2.76 bits per heavy atom. The van der Waals surface area contributed by atoms with Gasteiger partial charge in [-0.1, -0.05) is 6.07 Å². The number of rotatable bonds is 2. The fourth-order valence-corrected chi connectivity index (χ4v) is 2.29. The molecule has 3 nitrogen and oxygen atoms in total. The Morgan fingerprint density at radius 2 is 2.18 bits per heavy atom. The molecule has 2 N–H and O–H groups in total. The van der Waals surface area contributed by atoms with Crippen molar-refractivity contribution >= 4 is 5.69 Å². The van der Waals surface area contributed by atoms with E-state index in [-0.39, 0.29) is 5.54 Å². The standard InChI is InChI=1S/C14H22N2O/c1-5-16-10(2)9-17-13-8-11(14(3,4)15)6-7-12(13)16/h6-8,10H,5,9,15H2,1-4H3. The highest BCUT2D eigenvalue weighted by atomic mass is 16.5. The van der Waals surface area contributed by atoms with E-state index in [9.17, 15) is 0 Å². The second-order valence-corrected chi connectivity index (χ2v) is 5.35. The third kappa shape index (κ3) is 2.25. The van der Waals surface area contributed by atoms with E-state index < -0.39 is 0 Å². The van der Waals surface area contributed by atoms with E-state index >= 15 is 0 Å². The number of anilines is 1. The van der Waals surface area contributed by atoms with Gasteiger partial charge < -0.3 is 15.4 Å². The third-order valence-electron chi connectivity index (χ3n) is 3.37. The van der Waals surface area contributed by atoms with Gasteiger partial charge in [0.2, 0.25) is 0 Å². The topological polar surface area (TPSA) is 38.5 Å². The van der Waals surface area contributed by atoms with Gasteiger partial charge in [-0.15, -0.1) is 0 Å². The molecule has 0 saturated carbocycles. The van der Waals surface area contributed by atoms with E-state index in [2.05, 4.69) is 36.9 Å². The van der Waals surface area contributed by atoms with Gasteiger partial charge in [0.25, 0.3) is 0 Å². The van der Waals surface area contributed by atoms with Crippen molar-refractivity contribution in [2.24, 2.45) is 5.73 Å². The van der Waals surface area contributed by atoms with Crippen molar-refractivity contribution in [2.75, 3.05) is 18.1 Å². The molecule has 0 radical (unpaired) electrons. The second-order valence-electron chi connectivity index (χ2n) is 5.35. The number of benzene rings is 1. The van der Waals surface area contributed by atoms with Crippen LogP contribution in [0.15, 0.2) is 18.2 Å². The summed E-state index contributed by atoms with van der Waals surface area (Å²) in [7, 11) is 0. The number of ether oxygens (including phenoxy) is 1. The molecule has 3 heteroatoms. The van der Waals surface area contributed by atoms with Crippen molar-refractivity contribution in [1.82, 2.24) is 0 Å². The van der Waals surface area contributed by atoms with E-state index in [0.717, 1.165) is 24.5 Å². The number of likely N-dealkylation sites (N-methyl/N-ethyl adjacent to an activating group) is 1. The molecule has 1 unspecified atom stereocenters. The monoisotopic (exact) mass is 234 g/mol. The number of hydrogen-bond donors (Lipinski definition) is 1. The van der Waals surface area contributed by atoms with E-state index in [1.54, 1.807) is 0 Å². The molecule has 2 rings (SSSR count). The molecule has 0 amide bonds. The predicted molar refractivity (Wildman–Crippen MR) is 71.6 cm³/mol. The maximum atomic E-state index is 6.12. The van der Waals surface area contributed by atoms with Crippen LogP contribution < -0.4 is 15.4 Å². The summed E-state index contributed by atoms with van der Waals surface area (Å²) in [6.45, 7) is 10.1. The van der Waals surface area contributed by atoms with Crippen LogP contribution >= 0.6 is 0 Å². The lowest BCUT2D eigenvalue weighted by Gasteiger charge is -2.36. The lowest BCUT2D eigenvalue weighted by molar-refractivity contribution is 0.270. The van der Waals surface area contributed by atoms with Gasteiger partial charge in [0.15, 0.2) is 0 Å². The predicted octanol–water partition coefficient (Wildman–Crippen LogP) is 2.49. The van der Waals surface area contributed by atoms with Crippen LogP contribution in [0.1, 0.15) is 33.3 Å². The van der Waals surface area contributed by atoms with Gasteiger partial charge in [0, 0.05) is 12.1 Å². The largest absolute Gasteiger partial charge is 0.489 e. The first-order chi connectivity index (χ1) is 7.93. The van der Waals surface area contributed by atoms with Crippen LogP contribution in [-0.4, -0.2) is 19.2 Å². The van der Waals surface area contributed by atoms with Gasteiger partial charge >= 0.3 is 0 Å². The first kappa shape index (κ1) is 12.2. The number of nitrogens with two attached hydrogens (primary N) is 1. The zero-order valence-electron chi connectivity index (χ0n) is 11.2. The molecule has 17 heavy (non-hydrogen) atoms. The summed E-state index contributed by atoms with van der Waals surface area (Å²) in [6.07, 6.45) is 0. The molecular weight excluding hydrogens is 212 g/mol. The molecule has 1 aliphatic heterocycles. The summed E-state index contributed by atoms with van der Waals surface area (Å²) in [5, 5.41) is 0. The van der Waals surface area contributed by atoms with Gasteiger partial charge in [0.05, 0.1) is 11.7 Å². The Bertz CT molecular complexity index is 409. The van der Waals surface area contributed by atoms with Crippen molar-refractivity contribution in [2.45, 2.75) is 39.3 Å². The lowest BCUT2D eigenvalue weighted by atomic mass is 9.94. The summed E-state index contributed by atoms with van der Waals surface area (Å²) in [5.41, 5.74) is 8.09. The second kappa shape index (κ2) is 4.22. The molecule has 0 saturated heterocycles. The Morgan fingerprint density at radius 1 is 1.47 bits per heavy atom. The van der Waals surface area contributed by atoms with Crippen molar-refractivity contribution in [1.29, 1.82) is 0 Å². The molecule has 0 aliphatic carbocycles. The van der Waals surface area contributed by atoms with Crippen molar-refractivity contribution < 1.29 is 4.74 Å². The minimum Gasteiger partial charge on any atom is -0.489 e. The maximum absolute atomic E-state index is 6.12. The number of fused-ring (bicyclic) bond motifs is 1. The molecule has 0 aromatic heterocycles. The van der Waals surface area contributed by atoms with Gasteiger partial charge in [0.1, 0.15) is 12.4 Å². The van der Waals surface area contributed by atoms with Crippen LogP contribution in [0.4, 0.5) is 5.69 Å². The molecule has 1 atom stereocenters. The summed E-state index contributed by atoms with van der Waals surface area (Å²) >= 11 is 0. The quantitative estimate of drug-likeness (QED) is 0.854. The highest BCUT2D eigenvalue weighted by Gasteiger charge is 2.25. The number of hydrogen-bond acceptors (Lipinski definition) is 3. The van der Waals surface area contributed by atoms with Crippen molar-refractivity contribution in [3.05, 3.63) is 23.8 Å². The average molecular weight is 234 g/mol. The average Bonchev–Trinajstić information content (AvgIpc) is 2.27. The van der Waals surface area contributed by atoms with Gasteiger partial charge in [-0.25, -0.2) is 0 Å². The molecule has 0 fully saturated rings. The Hall–Kier alpha value is -1.22. The summed E-state index contributed by atoms with van der Waals surface area (Å²) in [4.78, 5) is 2.37. The van der Waals surface area contributed by atoms with Gasteiger partial charge in [-0.3, -0.25) is 0 Å². The Kier molecular flexibility index (Phi) is 3.04. The third-order valence-corrected chi connectivity index (χ3v) is 3.37. The van der Waals surface area contributed by atoms with E-state index in [4.69, 9.17) is 10.5 Å². The Labute approximate surface area is 104 Å². The van der Waals surface area contributed by atoms with Gasteiger partial charge in [-0.2, -0.15) is 0 Å². The molecular formula is C14H22N2O. The Balaban J connectivity index is 2.41. The zero-order chi connectivity index (χ0) is 12.6. The van der Waals surface area contributed by atoms with Crippen LogP contribution in [0.2, 0.25) is 0 Å². The fraction of sp³-hybridized carbons (Fsp3) is 0.571. The SMILES string of the molecule is CCN1c2ccc(C(C)(C)N)cc2OCC1C. The fourth-order valence-electron chi connectivity index (χ4n) is 2.29. The summed E-state index contributed by atoms with van der Waals surface area (Å²) in [5.74, 6) is 0.959. The van der Waals surface area contributed by atoms with Crippen molar-refractivity contribution in [3.63, 3.8) is 0 Å². The first-order valence-corrected chi connectivity index (χ1v) is 6.26. The summed E-state index contributed by atoms with van der Waals surface area (Å²) in [6, 6.07) is 6.73. The zero-order valence-corrected chi connectivity index (χ0v) is 11.2. The summed E-state index contributed by atoms with van der Waals surface area (Å²) < 4.78 is 5.81. The van der Waals surface area contributed by atoms with E-state index in [0.29, 0.717) is 6.04 Å². The van der Waals surface area contributed by atoms with E-state index in [1.807, 2.05) is 13.8 Å². The minimum atomic E-state index is -0.321. The lowest BCUT2D eigenvalue weighted by Crippen LogP contribution is -2.41. The van der Waals surface area contributed by atoms with Crippen molar-refractivity contribution in [3.8, 4) is 5.75 Å². The van der Waals surface area contributed by atoms with Crippen LogP contribution in [0, 0.1) is 0 Å². The molecule has 1 aromatic rings. The molecule has 0 bridgehead atoms. The number of nitrogens with zero attached hydrogens (tertiary/aromatic N) is 1. The highest BCUT2D eigenvalue weighted by molar-refractivity contribution is 5.62. The van der Waals surface area contributed by atoms with Crippen LogP contribution in [0.5, 0.6) is 5.75 Å². The van der Waals surface area contributed by atoms with Crippen LogP contribution in [0.3, 0.4) is 0 Å². The van der Waals surface area contributed by atoms with Crippen LogP contribution in [0.25, 0.3) is 0 Å². The molecule has 1 heterocycles. The maximum Gasteiger partial charge on any atom is 0.143 e. The normalized spacial score (nSPS) is 19.8. The van der Waals surface area contributed by atoms with Gasteiger partial charge in [-0.05, 0) is 45.4 Å².